The molecule has 0 aliphatic rings. The van der Waals surface area contributed by atoms with Gasteiger partial charge in [-0.15, -0.1) is 0 Å². The first-order chi connectivity index (χ1) is 11.4. The zero-order valence-electron chi connectivity index (χ0n) is 14.0. The molecule has 0 radical (unpaired) electrons. The number of nitriles is 1. The molecule has 0 saturated carbocycles. The fraction of sp³-hybridized carbons (Fsp3) is 0.263. The Morgan fingerprint density at radius 2 is 2.04 bits per heavy atom. The number of hydrogen-bond acceptors (Lipinski definition) is 4. The van der Waals surface area contributed by atoms with E-state index in [9.17, 15) is 15.2 Å². The number of aromatic hydroxyl groups is 1. The molecule has 5 nitrogen and oxygen atoms in total. The fourth-order valence-electron chi connectivity index (χ4n) is 2.37. The van der Waals surface area contributed by atoms with Gasteiger partial charge in [-0.1, -0.05) is 18.2 Å². The number of anilines is 1. The number of rotatable bonds is 5. The molecule has 0 spiro atoms. The summed E-state index contributed by atoms with van der Waals surface area (Å²) in [5.41, 5.74) is 3.43. The molecule has 0 heterocycles. The third-order valence-corrected chi connectivity index (χ3v) is 3.81. The molecule has 2 aromatic rings. The maximum Gasteiger partial charge on any atom is 0.242 e. The molecule has 0 aliphatic carbocycles. The van der Waals surface area contributed by atoms with Gasteiger partial charge >= 0.3 is 0 Å². The molecule has 2 rings (SSSR count). The highest BCUT2D eigenvalue weighted by Crippen LogP contribution is 2.27. The molecule has 1 amide bonds. The minimum atomic E-state index is -0.834. The van der Waals surface area contributed by atoms with Gasteiger partial charge in [0, 0.05) is 5.69 Å². The number of phenols is 1. The number of benzene rings is 2. The summed E-state index contributed by atoms with van der Waals surface area (Å²) in [6.45, 7) is 3.85. The van der Waals surface area contributed by atoms with E-state index in [2.05, 4.69) is 5.32 Å². The van der Waals surface area contributed by atoms with Crippen LogP contribution in [0.1, 0.15) is 16.7 Å². The largest absolute Gasteiger partial charge is 0.504 e. The number of carbonyl (C=O) groups is 1. The molecule has 2 aromatic carbocycles. The Bertz CT molecular complexity index is 794. The van der Waals surface area contributed by atoms with E-state index in [1.165, 1.54) is 13.2 Å². The molecule has 2 N–H and O–H groups in total. The standard InChI is InChI=1S/C19H20N2O3/c1-12-4-5-13(2)16(8-12)21-19(23)15(11-20)9-14-6-7-17(22)18(10-14)24-3/h4-8,10,15,22H,9H2,1-3H3,(H,21,23)/t15-/m1/s1. The highest BCUT2D eigenvalue weighted by atomic mass is 16.5. The first kappa shape index (κ1) is 17.4. The minimum absolute atomic E-state index is 0.0228. The Labute approximate surface area is 141 Å². The Hall–Kier alpha value is -3.00. The number of phenolic OH excluding ortho intramolecular Hbond substituents is 1. The van der Waals surface area contributed by atoms with Crippen molar-refractivity contribution in [2.24, 2.45) is 5.92 Å². The van der Waals surface area contributed by atoms with Crippen LogP contribution < -0.4 is 10.1 Å². The summed E-state index contributed by atoms with van der Waals surface area (Å²) in [5, 5.41) is 21.8. The first-order valence-corrected chi connectivity index (χ1v) is 7.58. The summed E-state index contributed by atoms with van der Waals surface area (Å²) in [6, 6.07) is 12.6. The van der Waals surface area contributed by atoms with Crippen LogP contribution in [-0.2, 0) is 11.2 Å². The van der Waals surface area contributed by atoms with E-state index in [0.29, 0.717) is 11.4 Å². The van der Waals surface area contributed by atoms with Crippen molar-refractivity contribution in [3.05, 3.63) is 53.1 Å². The Morgan fingerprint density at radius 3 is 2.71 bits per heavy atom. The van der Waals surface area contributed by atoms with E-state index in [-0.39, 0.29) is 18.1 Å². The summed E-state index contributed by atoms with van der Waals surface area (Å²) in [4.78, 5) is 12.4. The average molecular weight is 324 g/mol. The second kappa shape index (κ2) is 7.51. The van der Waals surface area contributed by atoms with E-state index in [0.717, 1.165) is 16.7 Å². The van der Waals surface area contributed by atoms with Gasteiger partial charge in [0.15, 0.2) is 11.5 Å². The van der Waals surface area contributed by atoms with Gasteiger partial charge in [0.2, 0.25) is 5.91 Å². The lowest BCUT2D eigenvalue weighted by Crippen LogP contribution is -2.24. The molecular weight excluding hydrogens is 304 g/mol. The van der Waals surface area contributed by atoms with E-state index in [1.807, 2.05) is 38.1 Å². The van der Waals surface area contributed by atoms with Crippen LogP contribution in [0.5, 0.6) is 11.5 Å². The first-order valence-electron chi connectivity index (χ1n) is 7.58. The van der Waals surface area contributed by atoms with Gasteiger partial charge in [0.25, 0.3) is 0 Å². The lowest BCUT2D eigenvalue weighted by atomic mass is 9.99. The Kier molecular flexibility index (Phi) is 5.43. The van der Waals surface area contributed by atoms with Crippen LogP contribution in [0.2, 0.25) is 0 Å². The number of nitrogens with one attached hydrogen (secondary N) is 1. The molecule has 0 aromatic heterocycles. The third-order valence-electron chi connectivity index (χ3n) is 3.81. The predicted molar refractivity (Wildman–Crippen MR) is 92.0 cm³/mol. The molecule has 24 heavy (non-hydrogen) atoms. The zero-order valence-corrected chi connectivity index (χ0v) is 14.0. The van der Waals surface area contributed by atoms with Crippen molar-refractivity contribution < 1.29 is 14.6 Å². The number of ether oxygens (including phenoxy) is 1. The van der Waals surface area contributed by atoms with Crippen LogP contribution in [0.4, 0.5) is 5.69 Å². The highest BCUT2D eigenvalue weighted by Gasteiger charge is 2.20. The molecule has 0 saturated heterocycles. The summed E-state index contributed by atoms with van der Waals surface area (Å²) in [7, 11) is 1.45. The number of nitrogens with zero attached hydrogens (tertiary/aromatic N) is 1. The van der Waals surface area contributed by atoms with Crippen LogP contribution >= 0.6 is 0 Å². The molecule has 1 atom stereocenters. The van der Waals surface area contributed by atoms with Gasteiger partial charge in [0.05, 0.1) is 13.2 Å². The maximum atomic E-state index is 12.4. The second-order valence-corrected chi connectivity index (χ2v) is 5.70. The van der Waals surface area contributed by atoms with Gasteiger partial charge in [0.1, 0.15) is 5.92 Å². The van der Waals surface area contributed by atoms with Crippen LogP contribution in [0.3, 0.4) is 0 Å². The number of carbonyl (C=O) groups excluding carboxylic acids is 1. The summed E-state index contributed by atoms with van der Waals surface area (Å²) < 4.78 is 5.05. The summed E-state index contributed by atoms with van der Waals surface area (Å²) in [6.07, 6.45) is 0.240. The third kappa shape index (κ3) is 4.05. The van der Waals surface area contributed by atoms with Crippen LogP contribution in [0.15, 0.2) is 36.4 Å². The number of aryl methyl sites for hydroxylation is 2. The fourth-order valence-corrected chi connectivity index (χ4v) is 2.37. The lowest BCUT2D eigenvalue weighted by molar-refractivity contribution is -0.118. The van der Waals surface area contributed by atoms with Gasteiger partial charge in [-0.25, -0.2) is 0 Å². The molecule has 124 valence electrons. The zero-order chi connectivity index (χ0) is 17.7. The van der Waals surface area contributed by atoms with Crippen LogP contribution in [-0.4, -0.2) is 18.1 Å². The van der Waals surface area contributed by atoms with Crippen molar-refractivity contribution in [1.29, 1.82) is 5.26 Å². The van der Waals surface area contributed by atoms with E-state index >= 15 is 0 Å². The van der Waals surface area contributed by atoms with E-state index < -0.39 is 5.92 Å². The second-order valence-electron chi connectivity index (χ2n) is 5.70. The lowest BCUT2D eigenvalue weighted by Gasteiger charge is -2.13. The monoisotopic (exact) mass is 324 g/mol. The summed E-state index contributed by atoms with van der Waals surface area (Å²) >= 11 is 0. The number of hydrogen-bond donors (Lipinski definition) is 2. The topological polar surface area (TPSA) is 82.3 Å². The molecule has 0 bridgehead atoms. The Balaban J connectivity index is 2.15. The predicted octanol–water partition coefficient (Wildman–Crippen LogP) is 3.34. The van der Waals surface area contributed by atoms with Crippen molar-refractivity contribution in [1.82, 2.24) is 0 Å². The Morgan fingerprint density at radius 1 is 1.29 bits per heavy atom. The van der Waals surface area contributed by atoms with Crippen molar-refractivity contribution in [3.63, 3.8) is 0 Å². The van der Waals surface area contributed by atoms with Crippen molar-refractivity contribution >= 4 is 11.6 Å². The smallest absolute Gasteiger partial charge is 0.242 e. The van der Waals surface area contributed by atoms with Gasteiger partial charge in [-0.2, -0.15) is 5.26 Å². The molecule has 5 heteroatoms. The quantitative estimate of drug-likeness (QED) is 0.883. The molecule has 0 unspecified atom stereocenters. The van der Waals surface area contributed by atoms with Crippen LogP contribution in [0.25, 0.3) is 0 Å². The number of amides is 1. The molecule has 0 aliphatic heterocycles. The highest BCUT2D eigenvalue weighted by molar-refractivity contribution is 5.95. The van der Waals surface area contributed by atoms with E-state index in [4.69, 9.17) is 4.74 Å². The van der Waals surface area contributed by atoms with Gasteiger partial charge < -0.3 is 15.2 Å². The van der Waals surface area contributed by atoms with Crippen molar-refractivity contribution in [2.75, 3.05) is 12.4 Å². The normalized spacial score (nSPS) is 11.4. The van der Waals surface area contributed by atoms with Crippen molar-refractivity contribution in [2.45, 2.75) is 20.3 Å². The average Bonchev–Trinajstić information content (AvgIpc) is 2.57. The maximum absolute atomic E-state index is 12.4. The number of methoxy groups -OCH3 is 1. The van der Waals surface area contributed by atoms with Gasteiger partial charge in [-0.3, -0.25) is 4.79 Å². The minimum Gasteiger partial charge on any atom is -0.504 e. The molecular formula is C19H20N2O3. The van der Waals surface area contributed by atoms with Crippen LogP contribution in [0, 0.1) is 31.1 Å². The molecule has 0 fully saturated rings. The van der Waals surface area contributed by atoms with Gasteiger partial charge in [-0.05, 0) is 55.2 Å². The van der Waals surface area contributed by atoms with E-state index in [1.54, 1.807) is 12.1 Å². The van der Waals surface area contributed by atoms with Crippen molar-refractivity contribution in [3.8, 4) is 17.6 Å². The SMILES string of the molecule is COc1cc(C[C@H](C#N)C(=O)Nc2cc(C)ccc2C)ccc1O. The summed E-state index contributed by atoms with van der Waals surface area (Å²) in [5.74, 6) is -0.842.